The molecular formula is C18H13ClN4O. The van der Waals surface area contributed by atoms with Crippen molar-refractivity contribution < 1.29 is 4.79 Å². The summed E-state index contributed by atoms with van der Waals surface area (Å²) in [6.45, 7) is 0. The minimum Gasteiger partial charge on any atom is -0.325 e. The van der Waals surface area contributed by atoms with Crippen LogP contribution < -0.4 is 10.6 Å². The Kier molecular flexibility index (Phi) is 3.63. The number of anilines is 3. The number of hydrogen-bond acceptors (Lipinski definition) is 4. The molecule has 1 aromatic heterocycles. The molecule has 24 heavy (non-hydrogen) atoms. The second-order valence-corrected chi connectivity index (χ2v) is 5.85. The molecule has 5 nitrogen and oxygen atoms in total. The van der Waals surface area contributed by atoms with E-state index in [4.69, 9.17) is 11.6 Å². The van der Waals surface area contributed by atoms with Gasteiger partial charge in [-0.15, -0.1) is 0 Å². The zero-order valence-electron chi connectivity index (χ0n) is 12.6. The molecule has 0 fully saturated rings. The van der Waals surface area contributed by atoms with Gasteiger partial charge in [0.25, 0.3) is 0 Å². The molecule has 0 radical (unpaired) electrons. The highest BCUT2D eigenvalue weighted by atomic mass is 35.5. The average molecular weight is 337 g/mol. The second kappa shape index (κ2) is 5.94. The molecule has 1 aliphatic rings. The van der Waals surface area contributed by atoms with Crippen LogP contribution in [0.3, 0.4) is 0 Å². The van der Waals surface area contributed by atoms with Crippen molar-refractivity contribution in [2.45, 2.75) is 6.42 Å². The minimum absolute atomic E-state index is 0.0726. The van der Waals surface area contributed by atoms with Gasteiger partial charge in [-0.3, -0.25) is 4.79 Å². The number of benzene rings is 2. The Balaban J connectivity index is 1.79. The minimum atomic E-state index is -0.0726. The van der Waals surface area contributed by atoms with Crippen LogP contribution in [0.2, 0.25) is 5.02 Å². The standard InChI is InChI=1S/C18H13ClN4O/c19-13-6-2-4-8-15(13)22-18-20-10-11-9-16(24)21-14-7-3-1-5-12(14)17(11)23-18/h1-8,10H,9H2,(H,21,24)(H,20,22,23). The van der Waals surface area contributed by atoms with E-state index in [0.29, 0.717) is 11.0 Å². The lowest BCUT2D eigenvalue weighted by Gasteiger charge is -2.11. The first-order chi connectivity index (χ1) is 11.7. The third-order valence-corrected chi connectivity index (χ3v) is 4.12. The summed E-state index contributed by atoms with van der Waals surface area (Å²) in [6.07, 6.45) is 1.93. The molecule has 118 valence electrons. The smallest absolute Gasteiger partial charge is 0.228 e. The molecule has 2 aromatic carbocycles. The van der Waals surface area contributed by atoms with Crippen LogP contribution in [0.25, 0.3) is 11.3 Å². The van der Waals surface area contributed by atoms with Crippen LogP contribution in [0, 0.1) is 0 Å². The van der Waals surface area contributed by atoms with Gasteiger partial charge >= 0.3 is 0 Å². The number of nitrogens with zero attached hydrogens (tertiary/aromatic N) is 2. The fourth-order valence-electron chi connectivity index (χ4n) is 2.68. The van der Waals surface area contributed by atoms with E-state index in [2.05, 4.69) is 20.6 Å². The summed E-state index contributed by atoms with van der Waals surface area (Å²) < 4.78 is 0. The van der Waals surface area contributed by atoms with Gasteiger partial charge in [-0.1, -0.05) is 41.9 Å². The Morgan fingerprint density at radius 3 is 2.75 bits per heavy atom. The summed E-state index contributed by atoms with van der Waals surface area (Å²) in [4.78, 5) is 21.0. The lowest BCUT2D eigenvalue weighted by atomic mass is 10.1. The zero-order chi connectivity index (χ0) is 16.5. The van der Waals surface area contributed by atoms with Crippen LogP contribution in [0.15, 0.2) is 54.7 Å². The van der Waals surface area contributed by atoms with E-state index in [0.717, 1.165) is 28.2 Å². The quantitative estimate of drug-likeness (QED) is 0.741. The van der Waals surface area contributed by atoms with Crippen LogP contribution in [-0.2, 0) is 11.2 Å². The molecule has 1 amide bonds. The highest BCUT2D eigenvalue weighted by Crippen LogP contribution is 2.33. The molecule has 0 atom stereocenters. The van der Waals surface area contributed by atoms with Gasteiger partial charge in [0.15, 0.2) is 0 Å². The summed E-state index contributed by atoms with van der Waals surface area (Å²) in [7, 11) is 0. The summed E-state index contributed by atoms with van der Waals surface area (Å²) in [5, 5.41) is 6.62. The van der Waals surface area contributed by atoms with Crippen molar-refractivity contribution in [2.24, 2.45) is 0 Å². The van der Waals surface area contributed by atoms with Crippen LogP contribution in [0.4, 0.5) is 17.3 Å². The number of fused-ring (bicyclic) bond motifs is 3. The molecule has 2 heterocycles. The lowest BCUT2D eigenvalue weighted by molar-refractivity contribution is -0.115. The van der Waals surface area contributed by atoms with Crippen LogP contribution in [0.5, 0.6) is 0 Å². The predicted octanol–water partition coefficient (Wildman–Crippen LogP) is 4.04. The van der Waals surface area contributed by atoms with E-state index < -0.39 is 0 Å². The Hall–Kier alpha value is -2.92. The molecule has 1 aliphatic heterocycles. The molecule has 0 bridgehead atoms. The zero-order valence-corrected chi connectivity index (χ0v) is 13.3. The van der Waals surface area contributed by atoms with Gasteiger partial charge in [0.1, 0.15) is 0 Å². The summed E-state index contributed by atoms with van der Waals surface area (Å²) in [6, 6.07) is 15.0. The first kappa shape index (κ1) is 14.7. The molecule has 0 saturated heterocycles. The van der Waals surface area contributed by atoms with Gasteiger partial charge in [-0.2, -0.15) is 0 Å². The van der Waals surface area contributed by atoms with Crippen molar-refractivity contribution in [2.75, 3.05) is 10.6 Å². The monoisotopic (exact) mass is 336 g/mol. The van der Waals surface area contributed by atoms with Gasteiger partial charge in [0, 0.05) is 17.3 Å². The summed E-state index contributed by atoms with van der Waals surface area (Å²) >= 11 is 6.17. The molecule has 6 heteroatoms. The predicted molar refractivity (Wildman–Crippen MR) is 94.5 cm³/mol. The molecular weight excluding hydrogens is 324 g/mol. The summed E-state index contributed by atoms with van der Waals surface area (Å²) in [5.41, 5.74) is 3.90. The second-order valence-electron chi connectivity index (χ2n) is 5.44. The number of rotatable bonds is 2. The first-order valence-electron chi connectivity index (χ1n) is 7.47. The first-order valence-corrected chi connectivity index (χ1v) is 7.85. The van der Waals surface area contributed by atoms with Crippen molar-refractivity contribution in [1.82, 2.24) is 9.97 Å². The number of amides is 1. The molecule has 0 aliphatic carbocycles. The number of halogens is 1. The maximum atomic E-state index is 12.0. The van der Waals surface area contributed by atoms with E-state index in [1.54, 1.807) is 12.3 Å². The van der Waals surface area contributed by atoms with E-state index in [9.17, 15) is 4.79 Å². The fourth-order valence-corrected chi connectivity index (χ4v) is 2.86. The van der Waals surface area contributed by atoms with Crippen molar-refractivity contribution in [3.8, 4) is 11.3 Å². The Labute approximate surface area is 143 Å². The maximum Gasteiger partial charge on any atom is 0.228 e. The highest BCUT2D eigenvalue weighted by molar-refractivity contribution is 6.33. The van der Waals surface area contributed by atoms with Crippen molar-refractivity contribution in [3.05, 3.63) is 65.3 Å². The largest absolute Gasteiger partial charge is 0.325 e. The van der Waals surface area contributed by atoms with E-state index >= 15 is 0 Å². The normalized spacial score (nSPS) is 12.6. The van der Waals surface area contributed by atoms with E-state index in [1.807, 2.05) is 42.5 Å². The third-order valence-electron chi connectivity index (χ3n) is 3.79. The summed E-state index contributed by atoms with van der Waals surface area (Å²) in [5.74, 6) is 0.364. The molecule has 4 rings (SSSR count). The van der Waals surface area contributed by atoms with Gasteiger partial charge in [-0.05, 0) is 18.2 Å². The number of carbonyl (C=O) groups is 1. The third kappa shape index (κ3) is 2.70. The number of hydrogen-bond donors (Lipinski definition) is 2. The number of para-hydroxylation sites is 2. The van der Waals surface area contributed by atoms with Gasteiger partial charge in [0.2, 0.25) is 11.9 Å². The van der Waals surface area contributed by atoms with Crippen molar-refractivity contribution in [3.63, 3.8) is 0 Å². The van der Waals surface area contributed by atoms with Crippen LogP contribution >= 0.6 is 11.6 Å². The molecule has 0 spiro atoms. The van der Waals surface area contributed by atoms with Gasteiger partial charge in [-0.25, -0.2) is 9.97 Å². The lowest BCUT2D eigenvalue weighted by Crippen LogP contribution is -2.12. The topological polar surface area (TPSA) is 66.9 Å². The average Bonchev–Trinajstić information content (AvgIpc) is 2.72. The van der Waals surface area contributed by atoms with E-state index in [1.165, 1.54) is 0 Å². The molecule has 0 saturated carbocycles. The molecule has 2 N–H and O–H groups in total. The van der Waals surface area contributed by atoms with E-state index in [-0.39, 0.29) is 12.3 Å². The van der Waals surface area contributed by atoms with Crippen LogP contribution in [0.1, 0.15) is 5.56 Å². The number of carbonyl (C=O) groups excluding carboxylic acids is 1. The Morgan fingerprint density at radius 2 is 1.88 bits per heavy atom. The maximum absolute atomic E-state index is 12.0. The Morgan fingerprint density at radius 1 is 1.08 bits per heavy atom. The van der Waals surface area contributed by atoms with Crippen molar-refractivity contribution in [1.29, 1.82) is 0 Å². The highest BCUT2D eigenvalue weighted by Gasteiger charge is 2.20. The number of nitrogens with one attached hydrogen (secondary N) is 2. The molecule has 3 aromatic rings. The number of aromatic nitrogens is 2. The van der Waals surface area contributed by atoms with Crippen LogP contribution in [-0.4, -0.2) is 15.9 Å². The Bertz CT molecular complexity index is 942. The SMILES string of the molecule is O=C1Cc2cnc(Nc3ccccc3Cl)nc2-c2ccccc2N1. The van der Waals surface area contributed by atoms with Crippen molar-refractivity contribution >= 4 is 34.8 Å². The fraction of sp³-hybridized carbons (Fsp3) is 0.0556. The van der Waals surface area contributed by atoms with Gasteiger partial charge < -0.3 is 10.6 Å². The van der Waals surface area contributed by atoms with Gasteiger partial charge in [0.05, 0.1) is 28.5 Å². The molecule has 0 unspecified atom stereocenters.